The number of sulfonamides is 1. The monoisotopic (exact) mass is 615 g/mol. The van der Waals surface area contributed by atoms with E-state index < -0.39 is 28.5 Å². The summed E-state index contributed by atoms with van der Waals surface area (Å²) in [6.45, 7) is 3.42. The molecule has 4 rings (SSSR count). The summed E-state index contributed by atoms with van der Waals surface area (Å²) in [5.74, 6) is -0.736. The van der Waals surface area contributed by atoms with Gasteiger partial charge < -0.3 is 10.2 Å². The zero-order valence-corrected chi connectivity index (χ0v) is 25.6. The van der Waals surface area contributed by atoms with Crippen molar-refractivity contribution < 1.29 is 18.0 Å². The third kappa shape index (κ3) is 7.42. The smallest absolute Gasteiger partial charge is 0.264 e. The predicted octanol–water partition coefficient (Wildman–Crippen LogP) is 6.36. The minimum absolute atomic E-state index is 0.0235. The molecule has 0 aromatic heterocycles. The molecule has 10 heteroatoms. The third-order valence-corrected chi connectivity index (χ3v) is 10.0. The highest BCUT2D eigenvalue weighted by molar-refractivity contribution is 7.92. The van der Waals surface area contributed by atoms with Gasteiger partial charge in [-0.1, -0.05) is 85.4 Å². The van der Waals surface area contributed by atoms with Gasteiger partial charge in [0.2, 0.25) is 11.8 Å². The molecule has 218 valence electrons. The van der Waals surface area contributed by atoms with Crippen molar-refractivity contribution in [1.82, 2.24) is 10.2 Å². The minimum Gasteiger partial charge on any atom is -0.352 e. The van der Waals surface area contributed by atoms with Crippen LogP contribution < -0.4 is 9.62 Å². The van der Waals surface area contributed by atoms with E-state index in [1.54, 1.807) is 18.2 Å². The fourth-order valence-electron chi connectivity index (χ4n) is 5.15. The molecule has 1 aliphatic carbocycles. The highest BCUT2D eigenvalue weighted by Gasteiger charge is 2.34. The first-order valence-electron chi connectivity index (χ1n) is 13.8. The molecule has 1 N–H and O–H groups in total. The normalized spacial score (nSPS) is 14.4. The Kier molecular flexibility index (Phi) is 10.3. The van der Waals surface area contributed by atoms with Gasteiger partial charge in [0.15, 0.2) is 0 Å². The van der Waals surface area contributed by atoms with Crippen LogP contribution in [0.5, 0.6) is 0 Å². The van der Waals surface area contributed by atoms with Gasteiger partial charge >= 0.3 is 0 Å². The summed E-state index contributed by atoms with van der Waals surface area (Å²) in [5, 5.41) is 3.54. The average molecular weight is 617 g/mol. The fourth-order valence-corrected chi connectivity index (χ4v) is 6.87. The number of amides is 2. The molecular formula is C31H35Cl2N3O4S. The van der Waals surface area contributed by atoms with Gasteiger partial charge in [-0.15, -0.1) is 0 Å². The van der Waals surface area contributed by atoms with Gasteiger partial charge in [0.1, 0.15) is 12.6 Å². The van der Waals surface area contributed by atoms with E-state index in [1.165, 1.54) is 35.2 Å². The lowest BCUT2D eigenvalue weighted by atomic mass is 10.1. The number of anilines is 1. The standard InChI is InChI=1S/C31H35Cl2N3O4S/c1-3-29(31(38)34-24-13-9-10-14-24)35(20-23-12-8-7-11-22(23)2)30(37)21-36(25-17-18-27(32)28(33)19-25)41(39,40)26-15-5-4-6-16-26/h4-8,11-12,15-19,24,29H,3,9-10,13-14,20-21H2,1-2H3,(H,34,38). The molecule has 0 heterocycles. The summed E-state index contributed by atoms with van der Waals surface area (Å²) in [7, 11) is -4.18. The zero-order chi connectivity index (χ0) is 29.6. The van der Waals surface area contributed by atoms with Crippen LogP contribution in [0.25, 0.3) is 0 Å². The lowest BCUT2D eigenvalue weighted by Gasteiger charge is -2.34. The van der Waals surface area contributed by atoms with Crippen molar-refractivity contribution in [2.75, 3.05) is 10.8 Å². The number of carbonyl (C=O) groups excluding carboxylic acids is 2. The molecule has 2 amide bonds. The molecule has 0 aliphatic heterocycles. The van der Waals surface area contributed by atoms with Crippen LogP contribution in [0, 0.1) is 6.92 Å². The first kappa shape index (κ1) is 30.9. The van der Waals surface area contributed by atoms with E-state index in [4.69, 9.17) is 23.2 Å². The van der Waals surface area contributed by atoms with Gasteiger partial charge in [-0.05, 0) is 67.6 Å². The van der Waals surface area contributed by atoms with Gasteiger partial charge in [0.05, 0.1) is 20.6 Å². The summed E-state index contributed by atoms with van der Waals surface area (Å²) in [4.78, 5) is 29.3. The van der Waals surface area contributed by atoms with Crippen LogP contribution in [0.3, 0.4) is 0 Å². The lowest BCUT2D eigenvalue weighted by molar-refractivity contribution is -0.140. The quantitative estimate of drug-likeness (QED) is 0.272. The van der Waals surface area contributed by atoms with E-state index in [0.29, 0.717) is 6.42 Å². The summed E-state index contributed by atoms with van der Waals surface area (Å²) < 4.78 is 28.8. The Hall–Kier alpha value is -3.07. The summed E-state index contributed by atoms with van der Waals surface area (Å²) >= 11 is 12.4. The summed E-state index contributed by atoms with van der Waals surface area (Å²) in [6, 6.07) is 19.3. The Morgan fingerprint density at radius 1 is 0.951 bits per heavy atom. The number of nitrogens with zero attached hydrogens (tertiary/aromatic N) is 2. The molecule has 41 heavy (non-hydrogen) atoms. The largest absolute Gasteiger partial charge is 0.352 e. The number of benzene rings is 3. The second-order valence-electron chi connectivity index (χ2n) is 10.3. The van der Waals surface area contributed by atoms with Crippen LogP contribution in [0.1, 0.15) is 50.2 Å². The zero-order valence-electron chi connectivity index (χ0n) is 23.2. The summed E-state index contributed by atoms with van der Waals surface area (Å²) in [6.07, 6.45) is 4.31. The maximum absolute atomic E-state index is 14.2. The molecule has 7 nitrogen and oxygen atoms in total. The van der Waals surface area contributed by atoms with Crippen LogP contribution in [-0.2, 0) is 26.2 Å². The summed E-state index contributed by atoms with van der Waals surface area (Å²) in [5.41, 5.74) is 2.03. The number of hydrogen-bond acceptors (Lipinski definition) is 4. The minimum atomic E-state index is -4.18. The number of rotatable bonds is 11. The van der Waals surface area contributed by atoms with Crippen LogP contribution in [0.2, 0.25) is 10.0 Å². The number of hydrogen-bond donors (Lipinski definition) is 1. The molecular weight excluding hydrogens is 581 g/mol. The number of nitrogens with one attached hydrogen (secondary N) is 1. The van der Waals surface area contributed by atoms with E-state index in [9.17, 15) is 18.0 Å². The van der Waals surface area contributed by atoms with E-state index >= 15 is 0 Å². The SMILES string of the molecule is CCC(C(=O)NC1CCCC1)N(Cc1ccccc1C)C(=O)CN(c1ccc(Cl)c(Cl)c1)S(=O)(=O)c1ccccc1. The molecule has 0 spiro atoms. The average Bonchev–Trinajstić information content (AvgIpc) is 3.47. The maximum atomic E-state index is 14.2. The Labute approximate surface area is 252 Å². The Morgan fingerprint density at radius 2 is 1.61 bits per heavy atom. The third-order valence-electron chi connectivity index (χ3n) is 7.49. The van der Waals surface area contributed by atoms with Crippen LogP contribution in [-0.4, -0.2) is 43.8 Å². The molecule has 1 aliphatic rings. The van der Waals surface area contributed by atoms with Crippen LogP contribution >= 0.6 is 23.2 Å². The lowest BCUT2D eigenvalue weighted by Crippen LogP contribution is -2.53. The molecule has 1 atom stereocenters. The number of halogens is 2. The van der Waals surface area contributed by atoms with Crippen molar-refractivity contribution >= 4 is 50.7 Å². The second-order valence-corrected chi connectivity index (χ2v) is 13.0. The van der Waals surface area contributed by atoms with Crippen molar-refractivity contribution in [2.24, 2.45) is 0 Å². The predicted molar refractivity (Wildman–Crippen MR) is 164 cm³/mol. The van der Waals surface area contributed by atoms with Crippen LogP contribution in [0.4, 0.5) is 5.69 Å². The molecule has 3 aromatic carbocycles. The molecule has 0 radical (unpaired) electrons. The Morgan fingerprint density at radius 3 is 2.24 bits per heavy atom. The van der Waals surface area contributed by atoms with E-state index in [-0.39, 0.29) is 39.1 Å². The van der Waals surface area contributed by atoms with Crippen molar-refractivity contribution in [3.05, 3.63) is 94.0 Å². The van der Waals surface area contributed by atoms with Gasteiger partial charge in [-0.2, -0.15) is 0 Å². The number of aryl methyl sites for hydroxylation is 1. The number of carbonyl (C=O) groups is 2. The highest BCUT2D eigenvalue weighted by atomic mass is 35.5. The maximum Gasteiger partial charge on any atom is 0.264 e. The molecule has 3 aromatic rings. The Bertz CT molecular complexity index is 1480. The molecule has 0 bridgehead atoms. The van der Waals surface area contributed by atoms with Crippen molar-refractivity contribution in [1.29, 1.82) is 0 Å². The van der Waals surface area contributed by atoms with Crippen molar-refractivity contribution in [3.63, 3.8) is 0 Å². The first-order valence-corrected chi connectivity index (χ1v) is 16.0. The molecule has 1 fully saturated rings. The van der Waals surface area contributed by atoms with Crippen LogP contribution in [0.15, 0.2) is 77.7 Å². The molecule has 0 saturated heterocycles. The topological polar surface area (TPSA) is 86.8 Å². The van der Waals surface area contributed by atoms with Crippen molar-refractivity contribution in [3.8, 4) is 0 Å². The van der Waals surface area contributed by atoms with Gasteiger partial charge in [-0.3, -0.25) is 13.9 Å². The van der Waals surface area contributed by atoms with E-state index in [0.717, 1.165) is 41.1 Å². The van der Waals surface area contributed by atoms with Gasteiger partial charge in [0, 0.05) is 12.6 Å². The molecule has 1 unspecified atom stereocenters. The van der Waals surface area contributed by atoms with E-state index in [1.807, 2.05) is 38.1 Å². The Balaban J connectivity index is 1.73. The fraction of sp³-hybridized carbons (Fsp3) is 0.355. The highest BCUT2D eigenvalue weighted by Crippen LogP contribution is 2.31. The van der Waals surface area contributed by atoms with Crippen molar-refractivity contribution in [2.45, 2.75) is 69.5 Å². The first-order chi connectivity index (χ1) is 19.6. The molecule has 1 saturated carbocycles. The second kappa shape index (κ2) is 13.7. The van der Waals surface area contributed by atoms with Gasteiger partial charge in [0.25, 0.3) is 10.0 Å². The van der Waals surface area contributed by atoms with Gasteiger partial charge in [-0.25, -0.2) is 8.42 Å². The van der Waals surface area contributed by atoms with E-state index in [2.05, 4.69) is 5.32 Å².